The summed E-state index contributed by atoms with van der Waals surface area (Å²) in [7, 11) is 0. The normalized spacial score (nSPS) is 18.5. The van der Waals surface area contributed by atoms with Gasteiger partial charge in [-0.3, -0.25) is 4.79 Å². The topological polar surface area (TPSA) is 54.9 Å². The molecule has 1 amide bonds. The summed E-state index contributed by atoms with van der Waals surface area (Å²) < 4.78 is 83.2. The van der Waals surface area contributed by atoms with E-state index in [1.54, 1.807) is 6.92 Å². The average Bonchev–Trinajstić information content (AvgIpc) is 3.00. The lowest BCUT2D eigenvalue weighted by Crippen LogP contribution is -2.33. The summed E-state index contributed by atoms with van der Waals surface area (Å²) in [5.41, 5.74) is -2.71. The lowest BCUT2D eigenvalue weighted by molar-refractivity contribution is -0.0933. The number of allylic oxidation sites excluding steroid dienone is 6. The van der Waals surface area contributed by atoms with Crippen LogP contribution in [0.15, 0.2) is 46.6 Å². The van der Waals surface area contributed by atoms with Crippen molar-refractivity contribution in [1.82, 2.24) is 14.9 Å². The Labute approximate surface area is 184 Å². The molecule has 0 spiro atoms. The second-order valence-corrected chi connectivity index (χ2v) is 7.21. The number of aromatic nitrogens is 2. The maximum Gasteiger partial charge on any atom is 0.424 e. The van der Waals surface area contributed by atoms with E-state index in [-0.39, 0.29) is 12.0 Å². The molecule has 0 aromatic carbocycles. The molecule has 11 heteroatoms. The average molecular weight is 475 g/mol. The number of carbonyl (C=O) groups excluding carboxylic acids is 1. The number of carbonyl (C=O) groups is 1. The number of nitrogens with zero attached hydrogens (tertiary/aromatic N) is 2. The minimum absolute atomic E-state index is 0.0404. The van der Waals surface area contributed by atoms with Gasteiger partial charge in [-0.2, -0.15) is 26.3 Å². The molecule has 2 aliphatic carbocycles. The minimum Gasteiger partial charge on any atom is -0.345 e. The molecule has 4 nitrogen and oxygen atoms in total. The number of rotatable bonds is 3. The maximum absolute atomic E-state index is 13.4. The lowest BCUT2D eigenvalue weighted by Gasteiger charge is -2.20. The van der Waals surface area contributed by atoms with Gasteiger partial charge in [-0.25, -0.2) is 0 Å². The standard InChI is InChI=1S/C19H13F6N3OS.C2H6/c1-10-16(30-28-27-10)17(29)26-13-7-5-11(6-8-13)14-9-12(18(20,21)22)3-2-4-15(14)19(23,24)25;1-2/h5-7,9,13H,3,8H2,1H3,(H,26,29);1-2H3. The smallest absolute Gasteiger partial charge is 0.345 e. The van der Waals surface area contributed by atoms with Crippen LogP contribution < -0.4 is 5.32 Å². The molecule has 3 rings (SSSR count). The predicted molar refractivity (Wildman–Crippen MR) is 109 cm³/mol. The SMILES string of the molecule is CC.Cc1nnsc1C(=O)NC1C=CC(C2=C(C(F)(F)F)C#CCC(C(F)(F)F)=C2)=CC1. The number of hydrogen-bond acceptors (Lipinski definition) is 4. The third-order valence-electron chi connectivity index (χ3n) is 4.31. The molecule has 1 heterocycles. The van der Waals surface area contributed by atoms with Crippen LogP contribution in [0.2, 0.25) is 0 Å². The fourth-order valence-corrected chi connectivity index (χ4v) is 3.39. The number of aryl methyl sites for hydroxylation is 1. The first-order valence-corrected chi connectivity index (χ1v) is 10.3. The van der Waals surface area contributed by atoms with E-state index < -0.39 is 47.4 Å². The molecule has 2 aliphatic rings. The van der Waals surface area contributed by atoms with E-state index in [0.717, 1.165) is 11.5 Å². The third-order valence-corrected chi connectivity index (χ3v) is 5.14. The van der Waals surface area contributed by atoms with Gasteiger partial charge in [0.25, 0.3) is 5.91 Å². The Morgan fingerprint density at radius 2 is 1.88 bits per heavy atom. The highest BCUT2D eigenvalue weighted by Gasteiger charge is 2.39. The first kappa shape index (κ1) is 25.4. The van der Waals surface area contributed by atoms with Crippen LogP contribution in [0.3, 0.4) is 0 Å². The Balaban J connectivity index is 0.00000176. The molecule has 172 valence electrons. The second kappa shape index (κ2) is 10.2. The van der Waals surface area contributed by atoms with Crippen molar-refractivity contribution in [3.05, 3.63) is 57.2 Å². The number of halogens is 6. The Kier molecular flexibility index (Phi) is 8.07. The molecule has 0 aliphatic heterocycles. The Morgan fingerprint density at radius 3 is 2.38 bits per heavy atom. The van der Waals surface area contributed by atoms with Gasteiger partial charge in [-0.1, -0.05) is 48.4 Å². The summed E-state index contributed by atoms with van der Waals surface area (Å²) in [6.45, 7) is 5.61. The fourth-order valence-electron chi connectivity index (χ4n) is 2.83. The minimum atomic E-state index is -4.91. The third kappa shape index (κ3) is 6.09. The summed E-state index contributed by atoms with van der Waals surface area (Å²) in [6, 6.07) is -0.541. The Bertz CT molecular complexity index is 1050. The summed E-state index contributed by atoms with van der Waals surface area (Å²) in [4.78, 5) is 12.5. The summed E-state index contributed by atoms with van der Waals surface area (Å²) in [5.74, 6) is 3.34. The van der Waals surface area contributed by atoms with Crippen molar-refractivity contribution in [3.8, 4) is 11.8 Å². The van der Waals surface area contributed by atoms with Crippen molar-refractivity contribution in [2.24, 2.45) is 0 Å². The van der Waals surface area contributed by atoms with Gasteiger partial charge in [-0.05, 0) is 36.5 Å². The zero-order valence-corrected chi connectivity index (χ0v) is 18.1. The Hall–Kier alpha value is -2.87. The largest absolute Gasteiger partial charge is 0.424 e. The van der Waals surface area contributed by atoms with Crippen LogP contribution in [0.25, 0.3) is 0 Å². The molecule has 1 N–H and O–H groups in total. The summed E-state index contributed by atoms with van der Waals surface area (Å²) in [5, 5.41) is 6.40. The van der Waals surface area contributed by atoms with Gasteiger partial charge in [0.15, 0.2) is 0 Å². The molecule has 1 aromatic rings. The van der Waals surface area contributed by atoms with Crippen LogP contribution in [0, 0.1) is 18.8 Å². The van der Waals surface area contributed by atoms with Gasteiger partial charge < -0.3 is 5.32 Å². The number of hydrogen-bond donors (Lipinski definition) is 1. The second-order valence-electron chi connectivity index (χ2n) is 6.45. The fraction of sp³-hybridized carbons (Fsp3) is 0.381. The van der Waals surface area contributed by atoms with Gasteiger partial charge in [0, 0.05) is 17.6 Å². The molecule has 1 unspecified atom stereocenters. The monoisotopic (exact) mass is 475 g/mol. The van der Waals surface area contributed by atoms with Gasteiger partial charge >= 0.3 is 12.4 Å². The molecule has 0 saturated carbocycles. The van der Waals surface area contributed by atoms with E-state index in [1.165, 1.54) is 18.2 Å². The van der Waals surface area contributed by atoms with Crippen molar-refractivity contribution in [3.63, 3.8) is 0 Å². The van der Waals surface area contributed by atoms with Crippen molar-refractivity contribution in [2.45, 2.75) is 52.0 Å². The Morgan fingerprint density at radius 1 is 1.19 bits per heavy atom. The molecule has 0 radical (unpaired) electrons. The highest BCUT2D eigenvalue weighted by molar-refractivity contribution is 7.08. The van der Waals surface area contributed by atoms with Crippen LogP contribution in [0.1, 0.15) is 42.1 Å². The van der Waals surface area contributed by atoms with Crippen molar-refractivity contribution in [1.29, 1.82) is 0 Å². The van der Waals surface area contributed by atoms with Crippen molar-refractivity contribution >= 4 is 17.4 Å². The number of nitrogens with one attached hydrogen (secondary N) is 1. The van der Waals surface area contributed by atoms with E-state index in [0.29, 0.717) is 16.6 Å². The van der Waals surface area contributed by atoms with Crippen molar-refractivity contribution < 1.29 is 31.1 Å². The van der Waals surface area contributed by atoms with Crippen LogP contribution in [0.4, 0.5) is 26.3 Å². The van der Waals surface area contributed by atoms with Crippen LogP contribution in [0.5, 0.6) is 0 Å². The quantitative estimate of drug-likeness (QED) is 0.457. The van der Waals surface area contributed by atoms with Crippen LogP contribution >= 0.6 is 11.5 Å². The summed E-state index contributed by atoms with van der Waals surface area (Å²) >= 11 is 0.903. The van der Waals surface area contributed by atoms with E-state index in [1.807, 2.05) is 25.7 Å². The molecule has 1 atom stereocenters. The molecule has 0 saturated heterocycles. The maximum atomic E-state index is 13.4. The zero-order valence-electron chi connectivity index (χ0n) is 17.3. The van der Waals surface area contributed by atoms with Gasteiger partial charge in [0.2, 0.25) is 0 Å². The molecule has 0 fully saturated rings. The molecule has 32 heavy (non-hydrogen) atoms. The van der Waals surface area contributed by atoms with Crippen molar-refractivity contribution in [2.75, 3.05) is 0 Å². The highest BCUT2D eigenvalue weighted by Crippen LogP contribution is 2.38. The van der Waals surface area contributed by atoms with E-state index in [2.05, 4.69) is 14.9 Å². The van der Waals surface area contributed by atoms with E-state index in [4.69, 9.17) is 0 Å². The van der Waals surface area contributed by atoms with Gasteiger partial charge in [0.05, 0.1) is 11.7 Å². The van der Waals surface area contributed by atoms with Gasteiger partial charge in [-0.15, -0.1) is 5.10 Å². The van der Waals surface area contributed by atoms with E-state index in [9.17, 15) is 31.1 Å². The van der Waals surface area contributed by atoms with Gasteiger partial charge in [0.1, 0.15) is 10.5 Å². The molecular weight excluding hydrogens is 456 g/mol. The number of alkyl halides is 6. The zero-order chi connectivity index (χ0) is 24.1. The van der Waals surface area contributed by atoms with Crippen LogP contribution in [-0.2, 0) is 0 Å². The molecule has 1 aromatic heterocycles. The lowest BCUT2D eigenvalue weighted by atomic mass is 9.92. The number of amides is 1. The van der Waals surface area contributed by atoms with Crippen LogP contribution in [-0.4, -0.2) is 33.9 Å². The first-order chi connectivity index (χ1) is 15.0. The predicted octanol–water partition coefficient (Wildman–Crippen LogP) is 5.61. The molecular formula is C21H19F6N3OS. The van der Waals surface area contributed by atoms with E-state index >= 15 is 0 Å². The highest BCUT2D eigenvalue weighted by atomic mass is 32.1. The summed E-state index contributed by atoms with van der Waals surface area (Å²) in [6.07, 6.45) is -5.92. The first-order valence-electron chi connectivity index (χ1n) is 9.53. The molecule has 0 bridgehead atoms.